The number of carbonyl (C=O) groups excluding carboxylic acids is 2. The van der Waals surface area contributed by atoms with Crippen LogP contribution >= 0.6 is 0 Å². The minimum absolute atomic E-state index is 0.0559. The van der Waals surface area contributed by atoms with E-state index in [9.17, 15) is 9.59 Å². The van der Waals surface area contributed by atoms with Crippen molar-refractivity contribution in [3.8, 4) is 0 Å². The molecule has 0 aromatic carbocycles. The number of ether oxygens (including phenoxy) is 1. The van der Waals surface area contributed by atoms with Gasteiger partial charge in [0.2, 0.25) is 5.91 Å². The number of amides is 1. The van der Waals surface area contributed by atoms with Gasteiger partial charge in [0.15, 0.2) is 0 Å². The Labute approximate surface area is 125 Å². The van der Waals surface area contributed by atoms with Crippen LogP contribution in [0.4, 0.5) is 0 Å². The molecular formula is C16H24N2O3. The van der Waals surface area contributed by atoms with E-state index in [0.29, 0.717) is 17.8 Å². The maximum Gasteiger partial charge on any atom is 0.311 e. The highest BCUT2D eigenvalue weighted by atomic mass is 16.5. The summed E-state index contributed by atoms with van der Waals surface area (Å²) in [5.74, 6) is 1.39. The Morgan fingerprint density at radius 3 is 2.29 bits per heavy atom. The van der Waals surface area contributed by atoms with Gasteiger partial charge in [-0.3, -0.25) is 9.59 Å². The lowest BCUT2D eigenvalue weighted by atomic mass is 9.46. The Balaban J connectivity index is 1.55. The molecule has 5 aliphatic carbocycles. The molecule has 5 aliphatic rings. The summed E-state index contributed by atoms with van der Waals surface area (Å²) in [6.45, 7) is 0. The SMILES string of the molecule is COC(=O)C12CC3CC(C1)C(C(=O)NC1(N)CC1)C(C3)C2. The van der Waals surface area contributed by atoms with Crippen LogP contribution in [-0.4, -0.2) is 24.6 Å². The number of esters is 1. The first kappa shape index (κ1) is 13.6. The molecule has 1 amide bonds. The number of rotatable bonds is 3. The van der Waals surface area contributed by atoms with E-state index in [1.54, 1.807) is 0 Å². The second-order valence-corrected chi connectivity index (χ2v) is 7.91. The van der Waals surface area contributed by atoms with Crippen molar-refractivity contribution in [2.45, 2.75) is 50.6 Å². The normalized spacial score (nSPS) is 45.2. The molecule has 21 heavy (non-hydrogen) atoms. The minimum Gasteiger partial charge on any atom is -0.469 e. The van der Waals surface area contributed by atoms with Gasteiger partial charge in [-0.2, -0.15) is 0 Å². The minimum atomic E-state index is -0.439. The van der Waals surface area contributed by atoms with Crippen LogP contribution in [0.15, 0.2) is 0 Å². The van der Waals surface area contributed by atoms with Crippen molar-refractivity contribution in [3.05, 3.63) is 0 Å². The fraction of sp³-hybridized carbons (Fsp3) is 0.875. The summed E-state index contributed by atoms with van der Waals surface area (Å²) in [7, 11) is 1.48. The fourth-order valence-electron chi connectivity index (χ4n) is 5.51. The van der Waals surface area contributed by atoms with E-state index in [1.807, 2.05) is 0 Å². The number of hydrogen-bond acceptors (Lipinski definition) is 4. The van der Waals surface area contributed by atoms with E-state index in [4.69, 9.17) is 10.5 Å². The molecule has 0 aromatic heterocycles. The molecular weight excluding hydrogens is 268 g/mol. The second kappa shape index (κ2) is 4.22. The number of methoxy groups -OCH3 is 1. The molecule has 116 valence electrons. The van der Waals surface area contributed by atoms with Gasteiger partial charge in [0.25, 0.3) is 0 Å². The molecule has 2 unspecified atom stereocenters. The first-order valence-electron chi connectivity index (χ1n) is 8.14. The van der Waals surface area contributed by atoms with Gasteiger partial charge in [-0.15, -0.1) is 0 Å². The quantitative estimate of drug-likeness (QED) is 0.604. The molecule has 3 N–H and O–H groups in total. The predicted molar refractivity (Wildman–Crippen MR) is 75.8 cm³/mol. The zero-order valence-corrected chi connectivity index (χ0v) is 12.6. The standard InChI is InChI=1S/C16H24N2O3/c1-21-14(20)15-6-9-4-10(7-15)12(11(5-9)8-15)13(19)18-16(17)2-3-16/h9-12H,2-8,17H2,1H3,(H,18,19). The lowest BCUT2D eigenvalue weighted by Crippen LogP contribution is -2.59. The molecule has 0 radical (unpaired) electrons. The van der Waals surface area contributed by atoms with Gasteiger partial charge in [-0.05, 0) is 62.7 Å². The number of carbonyl (C=O) groups is 2. The lowest BCUT2D eigenvalue weighted by molar-refractivity contribution is -0.177. The zero-order valence-electron chi connectivity index (χ0n) is 12.6. The molecule has 5 fully saturated rings. The molecule has 5 nitrogen and oxygen atoms in total. The van der Waals surface area contributed by atoms with Crippen LogP contribution in [0.25, 0.3) is 0 Å². The average molecular weight is 292 g/mol. The van der Waals surface area contributed by atoms with Crippen molar-refractivity contribution >= 4 is 11.9 Å². The molecule has 0 aromatic rings. The van der Waals surface area contributed by atoms with Gasteiger partial charge in [0, 0.05) is 5.92 Å². The van der Waals surface area contributed by atoms with Crippen LogP contribution in [0.3, 0.4) is 0 Å². The molecule has 5 saturated carbocycles. The summed E-state index contributed by atoms with van der Waals surface area (Å²) in [6, 6.07) is 0. The Morgan fingerprint density at radius 2 is 1.76 bits per heavy atom. The highest BCUT2D eigenvalue weighted by Crippen LogP contribution is 2.62. The van der Waals surface area contributed by atoms with Gasteiger partial charge < -0.3 is 15.8 Å². The maximum atomic E-state index is 12.6. The topological polar surface area (TPSA) is 81.4 Å². The molecule has 5 heteroatoms. The summed E-state index contributed by atoms with van der Waals surface area (Å²) in [6.07, 6.45) is 6.55. The maximum absolute atomic E-state index is 12.6. The third-order valence-corrected chi connectivity index (χ3v) is 6.36. The monoisotopic (exact) mass is 292 g/mol. The van der Waals surface area contributed by atoms with E-state index >= 15 is 0 Å². The first-order chi connectivity index (χ1) is 9.95. The Kier molecular flexibility index (Phi) is 2.72. The molecule has 4 bridgehead atoms. The second-order valence-electron chi connectivity index (χ2n) is 7.91. The summed E-state index contributed by atoms with van der Waals surface area (Å²) in [5.41, 5.74) is 5.29. The molecule has 2 atom stereocenters. The van der Waals surface area contributed by atoms with E-state index in [-0.39, 0.29) is 23.2 Å². The van der Waals surface area contributed by atoms with Crippen molar-refractivity contribution in [1.82, 2.24) is 5.32 Å². The number of nitrogens with one attached hydrogen (secondary N) is 1. The van der Waals surface area contributed by atoms with Crippen molar-refractivity contribution in [1.29, 1.82) is 0 Å². The third kappa shape index (κ3) is 2.00. The lowest BCUT2D eigenvalue weighted by Gasteiger charge is -2.58. The van der Waals surface area contributed by atoms with Gasteiger partial charge in [-0.1, -0.05) is 0 Å². The molecule has 0 aliphatic heterocycles. The van der Waals surface area contributed by atoms with Crippen molar-refractivity contribution in [2.75, 3.05) is 7.11 Å². The molecule has 5 rings (SSSR count). The van der Waals surface area contributed by atoms with E-state index < -0.39 is 5.66 Å². The van der Waals surface area contributed by atoms with Crippen LogP contribution in [-0.2, 0) is 14.3 Å². The third-order valence-electron chi connectivity index (χ3n) is 6.36. The summed E-state index contributed by atoms with van der Waals surface area (Å²) in [4.78, 5) is 24.9. The average Bonchev–Trinajstić information content (AvgIpc) is 3.13. The van der Waals surface area contributed by atoms with Crippen LogP contribution in [0.1, 0.15) is 44.9 Å². The van der Waals surface area contributed by atoms with Crippen molar-refractivity contribution in [3.63, 3.8) is 0 Å². The largest absolute Gasteiger partial charge is 0.469 e. The number of hydrogen-bond donors (Lipinski definition) is 2. The smallest absolute Gasteiger partial charge is 0.311 e. The molecule has 0 saturated heterocycles. The first-order valence-corrected chi connectivity index (χ1v) is 8.14. The fourth-order valence-corrected chi connectivity index (χ4v) is 5.51. The Bertz CT molecular complexity index is 484. The van der Waals surface area contributed by atoms with E-state index in [1.165, 1.54) is 7.11 Å². The number of nitrogens with two attached hydrogens (primary N) is 1. The Hall–Kier alpha value is -1.10. The molecule has 0 spiro atoms. The van der Waals surface area contributed by atoms with Crippen LogP contribution < -0.4 is 11.1 Å². The summed E-state index contributed by atoms with van der Waals surface area (Å²) >= 11 is 0. The van der Waals surface area contributed by atoms with Crippen LogP contribution in [0.5, 0.6) is 0 Å². The van der Waals surface area contributed by atoms with Gasteiger partial charge in [0.1, 0.15) is 0 Å². The highest BCUT2D eigenvalue weighted by molar-refractivity contribution is 5.82. The molecule has 0 heterocycles. The Morgan fingerprint density at radius 1 is 1.14 bits per heavy atom. The van der Waals surface area contributed by atoms with Gasteiger partial charge in [-0.25, -0.2) is 0 Å². The van der Waals surface area contributed by atoms with Crippen LogP contribution in [0.2, 0.25) is 0 Å². The summed E-state index contributed by atoms with van der Waals surface area (Å²) in [5, 5.41) is 3.04. The van der Waals surface area contributed by atoms with E-state index in [0.717, 1.165) is 44.9 Å². The highest BCUT2D eigenvalue weighted by Gasteiger charge is 2.61. The predicted octanol–water partition coefficient (Wildman–Crippen LogP) is 1.17. The van der Waals surface area contributed by atoms with Crippen LogP contribution in [0, 0.1) is 29.1 Å². The van der Waals surface area contributed by atoms with Crippen molar-refractivity contribution < 1.29 is 14.3 Å². The van der Waals surface area contributed by atoms with Crippen molar-refractivity contribution in [2.24, 2.45) is 34.8 Å². The zero-order chi connectivity index (χ0) is 14.8. The van der Waals surface area contributed by atoms with Gasteiger partial charge >= 0.3 is 5.97 Å². The summed E-state index contributed by atoms with van der Waals surface area (Å²) < 4.78 is 5.06. The van der Waals surface area contributed by atoms with E-state index in [2.05, 4.69) is 5.32 Å². The van der Waals surface area contributed by atoms with Gasteiger partial charge in [0.05, 0.1) is 18.2 Å².